The molecule has 108 valence electrons. The van der Waals surface area contributed by atoms with Gasteiger partial charge in [0, 0.05) is 10.3 Å². The van der Waals surface area contributed by atoms with Crippen LogP contribution in [0, 0.1) is 0 Å². The number of hydrogen-bond donors (Lipinski definition) is 0. The molecule has 0 bridgehead atoms. The Labute approximate surface area is 124 Å². The van der Waals surface area contributed by atoms with Crippen LogP contribution in [0.15, 0.2) is 35.7 Å². The molecule has 0 radical (unpaired) electrons. The first-order valence-electron chi connectivity index (χ1n) is 5.83. The van der Waals surface area contributed by atoms with Gasteiger partial charge in [0.25, 0.3) is 0 Å². The maximum atomic E-state index is 12.5. The highest BCUT2D eigenvalue weighted by Gasteiger charge is 2.30. The minimum absolute atomic E-state index is 0.277. The van der Waals surface area contributed by atoms with E-state index in [0.29, 0.717) is 6.42 Å². The topological polar surface area (TPSA) is 9.23 Å². The van der Waals surface area contributed by atoms with Crippen LogP contribution in [-0.4, -0.2) is 7.11 Å². The highest BCUT2D eigenvalue weighted by atomic mass is 35.5. The van der Waals surface area contributed by atoms with Crippen molar-refractivity contribution >= 4 is 22.9 Å². The van der Waals surface area contributed by atoms with Crippen molar-refractivity contribution in [3.63, 3.8) is 0 Å². The van der Waals surface area contributed by atoms with Crippen molar-refractivity contribution in [2.45, 2.75) is 18.0 Å². The highest BCUT2D eigenvalue weighted by Crippen LogP contribution is 2.34. The Hall–Kier alpha value is -1.20. The first-order valence-corrected chi connectivity index (χ1v) is 7.14. The van der Waals surface area contributed by atoms with Crippen LogP contribution in [0.5, 0.6) is 5.75 Å². The molecule has 6 heteroatoms. The van der Waals surface area contributed by atoms with Gasteiger partial charge in [-0.15, -0.1) is 22.9 Å². The summed E-state index contributed by atoms with van der Waals surface area (Å²) >= 11 is 7.75. The Morgan fingerprint density at radius 1 is 1.25 bits per heavy atom. The first-order chi connectivity index (χ1) is 9.40. The molecule has 0 saturated heterocycles. The van der Waals surface area contributed by atoms with Crippen molar-refractivity contribution in [2.75, 3.05) is 7.11 Å². The summed E-state index contributed by atoms with van der Waals surface area (Å²) < 4.78 is 42.4. The minimum atomic E-state index is -4.31. The van der Waals surface area contributed by atoms with Crippen molar-refractivity contribution in [1.29, 1.82) is 0 Å². The average molecular weight is 321 g/mol. The lowest BCUT2D eigenvalue weighted by molar-refractivity contribution is -0.137. The fourth-order valence-corrected chi connectivity index (χ4v) is 2.97. The van der Waals surface area contributed by atoms with Gasteiger partial charge in [0.1, 0.15) is 5.75 Å². The second kappa shape index (κ2) is 6.06. The molecule has 0 spiro atoms. The molecule has 1 heterocycles. The summed E-state index contributed by atoms with van der Waals surface area (Å²) in [5.41, 5.74) is 0.121. The van der Waals surface area contributed by atoms with E-state index in [1.807, 2.05) is 11.4 Å². The molecule has 2 aromatic rings. The number of rotatable bonds is 4. The van der Waals surface area contributed by atoms with Gasteiger partial charge in [-0.2, -0.15) is 13.2 Å². The molecule has 0 N–H and O–H groups in total. The molecule has 0 saturated carbocycles. The van der Waals surface area contributed by atoms with Gasteiger partial charge in [0.05, 0.1) is 18.1 Å². The Balaban J connectivity index is 2.06. The normalized spacial score (nSPS) is 13.2. The maximum absolute atomic E-state index is 12.5. The average Bonchev–Trinajstić information content (AvgIpc) is 2.87. The summed E-state index contributed by atoms with van der Waals surface area (Å²) in [6.45, 7) is 0. The van der Waals surface area contributed by atoms with Gasteiger partial charge in [-0.05, 0) is 30.2 Å². The largest absolute Gasteiger partial charge is 0.496 e. The third kappa shape index (κ3) is 3.67. The number of alkyl halides is 4. The molecule has 0 amide bonds. The lowest BCUT2D eigenvalue weighted by atomic mass is 10.1. The molecule has 1 aromatic heterocycles. The van der Waals surface area contributed by atoms with Crippen molar-refractivity contribution in [3.8, 4) is 5.75 Å². The van der Waals surface area contributed by atoms with Crippen molar-refractivity contribution in [1.82, 2.24) is 0 Å². The van der Waals surface area contributed by atoms with Gasteiger partial charge in [0.2, 0.25) is 0 Å². The van der Waals surface area contributed by atoms with Crippen LogP contribution in [0.1, 0.15) is 21.4 Å². The van der Waals surface area contributed by atoms with E-state index in [1.54, 1.807) is 7.11 Å². The van der Waals surface area contributed by atoms with E-state index >= 15 is 0 Å². The first kappa shape index (κ1) is 15.2. The van der Waals surface area contributed by atoms with E-state index in [0.717, 1.165) is 28.3 Å². The summed E-state index contributed by atoms with van der Waals surface area (Å²) in [7, 11) is 1.57. The van der Waals surface area contributed by atoms with Crippen molar-refractivity contribution in [3.05, 3.63) is 51.7 Å². The molecule has 1 aromatic carbocycles. The molecule has 0 aliphatic carbocycles. The molecule has 1 nitrogen and oxygen atoms in total. The lowest BCUT2D eigenvalue weighted by Crippen LogP contribution is -2.04. The summed E-state index contributed by atoms with van der Waals surface area (Å²) in [6, 6.07) is 6.92. The van der Waals surface area contributed by atoms with Crippen LogP contribution in [-0.2, 0) is 12.6 Å². The molecule has 20 heavy (non-hydrogen) atoms. The second-order valence-electron chi connectivity index (χ2n) is 4.26. The van der Waals surface area contributed by atoms with E-state index in [2.05, 4.69) is 0 Å². The molecule has 0 aliphatic rings. The van der Waals surface area contributed by atoms with E-state index in [1.165, 1.54) is 23.5 Å². The number of benzene rings is 1. The standard InChI is InChI=1S/C14H12ClF3OS/c1-19-11-7-13(20-8-11)12(15)6-9-2-4-10(5-3-9)14(16,17)18/h2-5,7-8,12H,6H2,1H3. The molecule has 0 fully saturated rings. The summed E-state index contributed by atoms with van der Waals surface area (Å²) in [5.74, 6) is 0.739. The Morgan fingerprint density at radius 3 is 2.40 bits per heavy atom. The lowest BCUT2D eigenvalue weighted by Gasteiger charge is -2.10. The fraction of sp³-hybridized carbons (Fsp3) is 0.286. The van der Waals surface area contributed by atoms with Crippen molar-refractivity contribution in [2.24, 2.45) is 0 Å². The third-order valence-corrected chi connectivity index (χ3v) is 4.38. The van der Waals surface area contributed by atoms with Crippen LogP contribution in [0.25, 0.3) is 0 Å². The van der Waals surface area contributed by atoms with Gasteiger partial charge in [-0.3, -0.25) is 0 Å². The summed E-state index contributed by atoms with van der Waals surface area (Å²) in [6.07, 6.45) is -3.83. The number of methoxy groups -OCH3 is 1. The molecule has 1 atom stereocenters. The smallest absolute Gasteiger partial charge is 0.416 e. The van der Waals surface area contributed by atoms with Gasteiger partial charge in [-0.1, -0.05) is 12.1 Å². The summed E-state index contributed by atoms with van der Waals surface area (Å²) in [4.78, 5) is 0.934. The van der Waals surface area contributed by atoms with Crippen LogP contribution < -0.4 is 4.74 Å². The fourth-order valence-electron chi connectivity index (χ4n) is 1.74. The van der Waals surface area contributed by atoms with E-state index in [9.17, 15) is 13.2 Å². The number of ether oxygens (including phenoxy) is 1. The zero-order valence-corrected chi connectivity index (χ0v) is 12.1. The second-order valence-corrected chi connectivity index (χ2v) is 5.72. The Kier molecular flexibility index (Phi) is 4.60. The molecular formula is C14H12ClF3OS. The monoisotopic (exact) mass is 320 g/mol. The molecule has 0 aliphatic heterocycles. The number of thiophene rings is 1. The van der Waals surface area contributed by atoms with E-state index < -0.39 is 11.7 Å². The SMILES string of the molecule is COc1csc(C(Cl)Cc2ccc(C(F)(F)F)cc2)c1. The zero-order chi connectivity index (χ0) is 14.8. The summed E-state index contributed by atoms with van der Waals surface area (Å²) in [5, 5.41) is 1.57. The molecule has 1 unspecified atom stereocenters. The van der Waals surface area contributed by atoms with Crippen LogP contribution in [0.2, 0.25) is 0 Å². The van der Waals surface area contributed by atoms with Gasteiger partial charge in [0.15, 0.2) is 0 Å². The minimum Gasteiger partial charge on any atom is -0.496 e. The van der Waals surface area contributed by atoms with Crippen LogP contribution in [0.3, 0.4) is 0 Å². The predicted molar refractivity (Wildman–Crippen MR) is 74.6 cm³/mol. The molecular weight excluding hydrogens is 309 g/mol. The van der Waals surface area contributed by atoms with Crippen molar-refractivity contribution < 1.29 is 17.9 Å². The Bertz CT molecular complexity index is 563. The zero-order valence-electron chi connectivity index (χ0n) is 10.6. The number of halogens is 4. The van der Waals surface area contributed by atoms with E-state index in [-0.39, 0.29) is 5.38 Å². The van der Waals surface area contributed by atoms with Gasteiger partial charge in [-0.25, -0.2) is 0 Å². The van der Waals surface area contributed by atoms with Crippen LogP contribution >= 0.6 is 22.9 Å². The quantitative estimate of drug-likeness (QED) is 0.695. The highest BCUT2D eigenvalue weighted by molar-refractivity contribution is 7.10. The maximum Gasteiger partial charge on any atom is 0.416 e. The van der Waals surface area contributed by atoms with Gasteiger partial charge >= 0.3 is 6.18 Å². The van der Waals surface area contributed by atoms with Crippen LogP contribution in [0.4, 0.5) is 13.2 Å². The van der Waals surface area contributed by atoms with Gasteiger partial charge < -0.3 is 4.74 Å². The predicted octanol–water partition coefficient (Wildman–Crippen LogP) is 5.30. The number of hydrogen-bond acceptors (Lipinski definition) is 2. The Morgan fingerprint density at radius 2 is 1.90 bits per heavy atom. The molecule has 2 rings (SSSR count). The third-order valence-electron chi connectivity index (χ3n) is 2.84. The van der Waals surface area contributed by atoms with E-state index in [4.69, 9.17) is 16.3 Å².